The molecule has 2 aromatic carbocycles. The Balaban J connectivity index is 2.06. The van der Waals surface area contributed by atoms with E-state index in [0.29, 0.717) is 28.1 Å². The topological polar surface area (TPSA) is 68.2 Å². The Labute approximate surface area is 242 Å². The zero-order chi connectivity index (χ0) is 28.3. The number of carbonyl (C=O) groups is 1. The van der Waals surface area contributed by atoms with Crippen LogP contribution in [0.1, 0.15) is 58.6 Å². The molecule has 0 heterocycles. The number of hydrogen-bond acceptors (Lipinski definition) is 6. The molecule has 0 bridgehead atoms. The first-order valence-electron chi connectivity index (χ1n) is 13.0. The molecule has 2 rings (SSSR count). The number of halogens is 3. The number of carbonyl (C=O) groups excluding carboxylic acids is 1. The van der Waals surface area contributed by atoms with E-state index >= 15 is 0 Å². The molecule has 2 unspecified atom stereocenters. The first kappa shape index (κ1) is 32.5. The maximum Gasteiger partial charge on any atom is 0.303 e. The van der Waals surface area contributed by atoms with E-state index in [-0.39, 0.29) is 19.1 Å². The van der Waals surface area contributed by atoms with Gasteiger partial charge < -0.3 is 24.2 Å². The van der Waals surface area contributed by atoms with Crippen molar-refractivity contribution in [3.05, 3.63) is 57.6 Å². The minimum Gasteiger partial charge on any atom is -0.491 e. The summed E-state index contributed by atoms with van der Waals surface area (Å²) in [5.41, 5.74) is 1.53. The molecule has 0 aliphatic carbocycles. The van der Waals surface area contributed by atoms with Crippen LogP contribution in [0.25, 0.3) is 0 Å². The van der Waals surface area contributed by atoms with Gasteiger partial charge in [-0.3, -0.25) is 4.79 Å². The summed E-state index contributed by atoms with van der Waals surface area (Å²) in [5, 5.41) is 11.1. The van der Waals surface area contributed by atoms with Gasteiger partial charge in [0, 0.05) is 18.9 Å². The molecule has 6 nitrogen and oxygen atoms in total. The van der Waals surface area contributed by atoms with Crippen molar-refractivity contribution in [2.24, 2.45) is 0 Å². The van der Waals surface area contributed by atoms with E-state index in [0.717, 1.165) is 37.1 Å². The average molecular weight is 589 g/mol. The van der Waals surface area contributed by atoms with Crippen molar-refractivity contribution < 1.29 is 24.1 Å². The van der Waals surface area contributed by atoms with Gasteiger partial charge in [-0.15, -0.1) is 11.6 Å². The molecule has 38 heavy (non-hydrogen) atoms. The smallest absolute Gasteiger partial charge is 0.303 e. The minimum atomic E-state index is -0.606. The predicted molar refractivity (Wildman–Crippen MR) is 155 cm³/mol. The lowest BCUT2D eigenvalue weighted by atomic mass is 9.78. The van der Waals surface area contributed by atoms with Gasteiger partial charge in [-0.05, 0) is 61.3 Å². The van der Waals surface area contributed by atoms with E-state index in [2.05, 4.69) is 32.6 Å². The van der Waals surface area contributed by atoms with Crippen LogP contribution in [-0.2, 0) is 14.9 Å². The third-order valence-corrected chi connectivity index (χ3v) is 7.11. The molecule has 2 aromatic rings. The number of aliphatic hydroxyl groups is 1. The summed E-state index contributed by atoms with van der Waals surface area (Å²) in [6.45, 7) is 12.6. The SMILES string of the molecule is CCCN(CCC)CC(O)COc1ccc(C(C)(C)c2cc(Cl)c(OCC(CCl)OC(C)=O)c(Cl)c2)cc1. The summed E-state index contributed by atoms with van der Waals surface area (Å²) in [4.78, 5) is 13.5. The van der Waals surface area contributed by atoms with Crippen molar-refractivity contribution in [2.45, 2.75) is 65.1 Å². The van der Waals surface area contributed by atoms with Crippen molar-refractivity contribution in [1.29, 1.82) is 0 Å². The van der Waals surface area contributed by atoms with Crippen molar-refractivity contribution >= 4 is 40.8 Å². The summed E-state index contributed by atoms with van der Waals surface area (Å²) in [5.74, 6) is 0.664. The molecule has 0 radical (unpaired) electrons. The lowest BCUT2D eigenvalue weighted by molar-refractivity contribution is -0.146. The Morgan fingerprint density at radius 2 is 1.55 bits per heavy atom. The summed E-state index contributed by atoms with van der Waals surface area (Å²) in [6, 6.07) is 11.5. The molecule has 0 spiro atoms. The van der Waals surface area contributed by atoms with Crippen LogP contribution in [0, 0.1) is 0 Å². The summed E-state index contributed by atoms with van der Waals surface area (Å²) in [6.07, 6.45) is 0.956. The molecule has 0 aromatic heterocycles. The van der Waals surface area contributed by atoms with Gasteiger partial charge in [0.05, 0.1) is 15.9 Å². The Bertz CT molecular complexity index is 987. The number of ether oxygens (including phenoxy) is 3. The Kier molecular flexibility index (Phi) is 13.5. The maximum atomic E-state index is 11.2. The predicted octanol–water partition coefficient (Wildman–Crippen LogP) is 6.73. The third kappa shape index (κ3) is 9.80. The highest BCUT2D eigenvalue weighted by molar-refractivity contribution is 6.37. The Morgan fingerprint density at radius 1 is 0.974 bits per heavy atom. The van der Waals surface area contributed by atoms with E-state index in [4.69, 9.17) is 49.0 Å². The molecule has 0 fully saturated rings. The highest BCUT2D eigenvalue weighted by atomic mass is 35.5. The molecule has 1 N–H and O–H groups in total. The molecule has 2 atom stereocenters. The summed E-state index contributed by atoms with van der Waals surface area (Å²) >= 11 is 18.9. The second kappa shape index (κ2) is 15.8. The number of nitrogens with zero attached hydrogens (tertiary/aromatic N) is 1. The van der Waals surface area contributed by atoms with Crippen LogP contribution in [0.2, 0.25) is 10.0 Å². The fraction of sp³-hybridized carbons (Fsp3) is 0.552. The largest absolute Gasteiger partial charge is 0.491 e. The molecule has 212 valence electrons. The van der Waals surface area contributed by atoms with Gasteiger partial charge in [-0.2, -0.15) is 0 Å². The average Bonchev–Trinajstić information content (AvgIpc) is 2.86. The van der Waals surface area contributed by atoms with Gasteiger partial charge in [-0.1, -0.05) is 63.0 Å². The standard InChI is InChI=1S/C29H40Cl3NO5/c1-6-12-33(13-7-2)17-23(35)18-36-24-10-8-21(9-11-24)29(4,5)22-14-26(31)28(27(32)15-22)37-19-25(16-30)38-20(3)34/h8-11,14-15,23,25,35H,6-7,12-13,16-19H2,1-5H3. The van der Waals surface area contributed by atoms with Crippen LogP contribution in [0.15, 0.2) is 36.4 Å². The first-order chi connectivity index (χ1) is 18.0. The van der Waals surface area contributed by atoms with Crippen LogP contribution in [-0.4, -0.2) is 66.9 Å². The normalized spacial score (nSPS) is 13.3. The zero-order valence-electron chi connectivity index (χ0n) is 22.9. The highest BCUT2D eigenvalue weighted by Gasteiger charge is 2.26. The number of rotatable bonds is 16. The molecule has 0 aliphatic rings. The van der Waals surface area contributed by atoms with Crippen molar-refractivity contribution in [2.75, 3.05) is 38.7 Å². The lowest BCUT2D eigenvalue weighted by Crippen LogP contribution is -2.36. The van der Waals surface area contributed by atoms with E-state index in [1.165, 1.54) is 6.92 Å². The second-order valence-electron chi connectivity index (χ2n) is 9.88. The van der Waals surface area contributed by atoms with Crippen LogP contribution in [0.4, 0.5) is 0 Å². The first-order valence-corrected chi connectivity index (χ1v) is 14.3. The van der Waals surface area contributed by atoms with Crippen LogP contribution in [0.3, 0.4) is 0 Å². The van der Waals surface area contributed by atoms with E-state index in [1.54, 1.807) is 0 Å². The zero-order valence-corrected chi connectivity index (χ0v) is 25.2. The lowest BCUT2D eigenvalue weighted by Gasteiger charge is -2.28. The Hall–Kier alpha value is -1.70. The highest BCUT2D eigenvalue weighted by Crippen LogP contribution is 2.40. The van der Waals surface area contributed by atoms with Gasteiger partial charge in [0.1, 0.15) is 31.2 Å². The van der Waals surface area contributed by atoms with Crippen LogP contribution in [0.5, 0.6) is 11.5 Å². The fourth-order valence-corrected chi connectivity index (χ4v) is 4.93. The fourth-order valence-electron chi connectivity index (χ4n) is 4.18. The third-order valence-electron chi connectivity index (χ3n) is 6.21. The second-order valence-corrected chi connectivity index (χ2v) is 11.0. The minimum absolute atomic E-state index is 0.0384. The van der Waals surface area contributed by atoms with E-state index in [1.807, 2.05) is 36.4 Å². The van der Waals surface area contributed by atoms with Crippen molar-refractivity contribution in [3.63, 3.8) is 0 Å². The van der Waals surface area contributed by atoms with Gasteiger partial charge in [-0.25, -0.2) is 0 Å². The number of alkyl halides is 1. The maximum absolute atomic E-state index is 11.2. The quantitative estimate of drug-likeness (QED) is 0.173. The van der Waals surface area contributed by atoms with E-state index < -0.39 is 23.6 Å². The molecule has 0 saturated heterocycles. The molecule has 0 saturated carbocycles. The number of hydrogen-bond donors (Lipinski definition) is 1. The van der Waals surface area contributed by atoms with Gasteiger partial charge in [0.15, 0.2) is 5.75 Å². The van der Waals surface area contributed by atoms with Crippen molar-refractivity contribution in [3.8, 4) is 11.5 Å². The summed E-state index contributed by atoms with van der Waals surface area (Å²) < 4.78 is 16.7. The summed E-state index contributed by atoms with van der Waals surface area (Å²) in [7, 11) is 0. The number of aliphatic hydroxyl groups excluding tert-OH is 1. The number of esters is 1. The monoisotopic (exact) mass is 587 g/mol. The van der Waals surface area contributed by atoms with Gasteiger partial charge in [0.2, 0.25) is 0 Å². The number of benzene rings is 2. The molecule has 0 amide bonds. The molecule has 9 heteroatoms. The van der Waals surface area contributed by atoms with Crippen LogP contribution >= 0.6 is 34.8 Å². The molecular weight excluding hydrogens is 549 g/mol. The molecular formula is C29H40Cl3NO5. The Morgan fingerprint density at radius 3 is 2.05 bits per heavy atom. The van der Waals surface area contributed by atoms with E-state index in [9.17, 15) is 9.90 Å². The van der Waals surface area contributed by atoms with Gasteiger partial charge in [0.25, 0.3) is 0 Å². The van der Waals surface area contributed by atoms with Crippen LogP contribution < -0.4 is 9.47 Å². The van der Waals surface area contributed by atoms with Gasteiger partial charge >= 0.3 is 5.97 Å². The van der Waals surface area contributed by atoms with Crippen molar-refractivity contribution in [1.82, 2.24) is 4.90 Å². The molecule has 0 aliphatic heterocycles.